The molecular formula is C18H22N4O2. The van der Waals surface area contributed by atoms with Gasteiger partial charge in [0.05, 0.1) is 19.5 Å². The summed E-state index contributed by atoms with van der Waals surface area (Å²) in [6, 6.07) is 5.43. The summed E-state index contributed by atoms with van der Waals surface area (Å²) in [5.41, 5.74) is 9.06. The Balaban J connectivity index is 2.22. The molecule has 1 aromatic rings. The number of nitrogens with zero attached hydrogens (tertiary/aromatic N) is 3. The third-order valence-corrected chi connectivity index (χ3v) is 3.73. The standard InChI is InChI=1S/C18H22N4O2/c1-20-9-16(10-21-13-19)7-14-5-6-22(11-14)17-8-15(12-23)3-4-18(17)24-2/h3-4,7-10,12H,1,5-6,11,13,19H2,2H3/b14-7+,16-9-,21-10-. The van der Waals surface area contributed by atoms with Gasteiger partial charge >= 0.3 is 0 Å². The molecule has 2 rings (SSSR count). The normalized spacial score (nSPS) is 16.8. The molecule has 1 aliphatic rings. The summed E-state index contributed by atoms with van der Waals surface area (Å²) in [6.45, 7) is 5.32. The molecule has 0 atom stereocenters. The number of aliphatic imine (C=N–C) groups is 2. The second-order valence-corrected chi connectivity index (χ2v) is 5.33. The van der Waals surface area contributed by atoms with Crippen LogP contribution in [0.1, 0.15) is 16.8 Å². The minimum absolute atomic E-state index is 0.236. The Kier molecular flexibility index (Phi) is 6.45. The zero-order chi connectivity index (χ0) is 17.4. The Morgan fingerprint density at radius 1 is 1.50 bits per heavy atom. The van der Waals surface area contributed by atoms with Crippen LogP contribution in [0, 0.1) is 0 Å². The number of ether oxygens (including phenoxy) is 1. The van der Waals surface area contributed by atoms with E-state index in [4.69, 9.17) is 10.5 Å². The van der Waals surface area contributed by atoms with Gasteiger partial charge in [-0.1, -0.05) is 6.08 Å². The maximum atomic E-state index is 11.0. The molecule has 6 heteroatoms. The van der Waals surface area contributed by atoms with E-state index >= 15 is 0 Å². The average Bonchev–Trinajstić information content (AvgIpc) is 3.07. The quantitative estimate of drug-likeness (QED) is 0.615. The summed E-state index contributed by atoms with van der Waals surface area (Å²) >= 11 is 0. The largest absolute Gasteiger partial charge is 0.495 e. The summed E-state index contributed by atoms with van der Waals surface area (Å²) in [5.74, 6) is 0.759. The van der Waals surface area contributed by atoms with Gasteiger partial charge in [-0.05, 0) is 36.9 Å². The van der Waals surface area contributed by atoms with Crippen LogP contribution >= 0.6 is 0 Å². The molecule has 0 aromatic heterocycles. The van der Waals surface area contributed by atoms with Crippen molar-refractivity contribution < 1.29 is 9.53 Å². The zero-order valence-electron chi connectivity index (χ0n) is 13.8. The van der Waals surface area contributed by atoms with Crippen LogP contribution in [0.5, 0.6) is 5.75 Å². The molecule has 0 unspecified atom stereocenters. The van der Waals surface area contributed by atoms with Gasteiger partial charge in [-0.15, -0.1) is 0 Å². The van der Waals surface area contributed by atoms with Crippen molar-refractivity contribution in [3.8, 4) is 5.75 Å². The van der Waals surface area contributed by atoms with Gasteiger partial charge < -0.3 is 15.4 Å². The number of carbonyl (C=O) groups is 1. The van der Waals surface area contributed by atoms with Crippen LogP contribution in [-0.4, -0.2) is 46.1 Å². The molecular weight excluding hydrogens is 304 g/mol. The second kappa shape index (κ2) is 8.79. The first-order chi connectivity index (χ1) is 11.7. The lowest BCUT2D eigenvalue weighted by molar-refractivity contribution is 0.112. The molecule has 0 saturated carbocycles. The fourth-order valence-electron chi connectivity index (χ4n) is 2.64. The molecule has 0 amide bonds. The second-order valence-electron chi connectivity index (χ2n) is 5.33. The lowest BCUT2D eigenvalue weighted by Crippen LogP contribution is -2.19. The number of rotatable bonds is 7. The molecule has 1 aromatic carbocycles. The Labute approximate surface area is 142 Å². The highest BCUT2D eigenvalue weighted by atomic mass is 16.5. The Morgan fingerprint density at radius 3 is 3.00 bits per heavy atom. The lowest BCUT2D eigenvalue weighted by Gasteiger charge is -2.20. The maximum absolute atomic E-state index is 11.0. The van der Waals surface area contributed by atoms with Crippen LogP contribution in [0.25, 0.3) is 0 Å². The molecule has 2 N–H and O–H groups in total. The minimum atomic E-state index is 0.236. The van der Waals surface area contributed by atoms with Crippen LogP contribution in [-0.2, 0) is 0 Å². The van der Waals surface area contributed by atoms with Crippen molar-refractivity contribution in [2.45, 2.75) is 6.42 Å². The molecule has 1 saturated heterocycles. The van der Waals surface area contributed by atoms with Crippen LogP contribution in [0.15, 0.2) is 51.6 Å². The Bertz CT molecular complexity index is 692. The fraction of sp³-hybridized carbons (Fsp3) is 0.278. The molecule has 0 radical (unpaired) electrons. The number of carbonyl (C=O) groups excluding carboxylic acids is 1. The highest BCUT2D eigenvalue weighted by molar-refractivity contribution is 5.83. The number of nitrogens with two attached hydrogens (primary N) is 1. The summed E-state index contributed by atoms with van der Waals surface area (Å²) in [5, 5.41) is 0. The highest BCUT2D eigenvalue weighted by Gasteiger charge is 2.20. The van der Waals surface area contributed by atoms with E-state index in [2.05, 4.69) is 21.6 Å². The van der Waals surface area contributed by atoms with Gasteiger partial charge in [0.15, 0.2) is 0 Å². The van der Waals surface area contributed by atoms with Crippen LogP contribution in [0.4, 0.5) is 5.69 Å². The number of hydrogen-bond acceptors (Lipinski definition) is 6. The summed E-state index contributed by atoms with van der Waals surface area (Å²) < 4.78 is 5.42. The fourth-order valence-corrected chi connectivity index (χ4v) is 2.64. The molecule has 0 bridgehead atoms. The predicted molar refractivity (Wildman–Crippen MR) is 98.5 cm³/mol. The maximum Gasteiger partial charge on any atom is 0.150 e. The van der Waals surface area contributed by atoms with Gasteiger partial charge in [-0.3, -0.25) is 14.8 Å². The van der Waals surface area contributed by atoms with E-state index < -0.39 is 0 Å². The van der Waals surface area contributed by atoms with Gasteiger partial charge in [0.25, 0.3) is 0 Å². The van der Waals surface area contributed by atoms with Crippen molar-refractivity contribution in [3.05, 3.63) is 47.2 Å². The van der Waals surface area contributed by atoms with Crippen molar-refractivity contribution in [1.82, 2.24) is 0 Å². The van der Waals surface area contributed by atoms with E-state index in [9.17, 15) is 4.79 Å². The van der Waals surface area contributed by atoms with Crippen molar-refractivity contribution in [2.75, 3.05) is 31.8 Å². The smallest absolute Gasteiger partial charge is 0.150 e. The van der Waals surface area contributed by atoms with Crippen molar-refractivity contribution in [3.63, 3.8) is 0 Å². The highest BCUT2D eigenvalue weighted by Crippen LogP contribution is 2.33. The van der Waals surface area contributed by atoms with Crippen LogP contribution < -0.4 is 15.4 Å². The van der Waals surface area contributed by atoms with Gasteiger partial charge in [-0.2, -0.15) is 0 Å². The Hall–Kier alpha value is -2.73. The van der Waals surface area contributed by atoms with Gasteiger partial charge in [-0.25, -0.2) is 0 Å². The van der Waals surface area contributed by atoms with E-state index in [0.29, 0.717) is 5.56 Å². The van der Waals surface area contributed by atoms with Crippen molar-refractivity contribution in [1.29, 1.82) is 0 Å². The van der Waals surface area contributed by atoms with E-state index in [0.717, 1.165) is 42.8 Å². The van der Waals surface area contributed by atoms with Gasteiger partial charge in [0.1, 0.15) is 12.0 Å². The monoisotopic (exact) mass is 326 g/mol. The van der Waals surface area contributed by atoms with E-state index in [1.54, 1.807) is 25.6 Å². The molecule has 1 heterocycles. The lowest BCUT2D eigenvalue weighted by atomic mass is 10.1. The molecule has 1 fully saturated rings. The number of aldehydes is 1. The number of hydrogen-bond donors (Lipinski definition) is 1. The van der Waals surface area contributed by atoms with Crippen molar-refractivity contribution >= 4 is 24.9 Å². The first-order valence-electron chi connectivity index (χ1n) is 7.65. The van der Waals surface area contributed by atoms with E-state index in [-0.39, 0.29) is 6.67 Å². The number of benzene rings is 1. The molecule has 0 aliphatic carbocycles. The molecule has 6 nitrogen and oxygen atoms in total. The predicted octanol–water partition coefficient (Wildman–Crippen LogP) is 2.22. The van der Waals surface area contributed by atoms with Gasteiger partial charge in [0.2, 0.25) is 0 Å². The summed E-state index contributed by atoms with van der Waals surface area (Å²) in [6.07, 6.45) is 7.15. The SMILES string of the molecule is C=N/C=C(\C=N/CN)/C=C1\CCN(c2cc(C=O)ccc2OC)C1. The average molecular weight is 326 g/mol. The number of methoxy groups -OCH3 is 1. The van der Waals surface area contributed by atoms with E-state index in [1.807, 2.05) is 18.2 Å². The third kappa shape index (κ3) is 4.39. The molecule has 126 valence electrons. The summed E-state index contributed by atoms with van der Waals surface area (Å²) in [4.78, 5) is 21.1. The zero-order valence-corrected chi connectivity index (χ0v) is 13.8. The summed E-state index contributed by atoms with van der Waals surface area (Å²) in [7, 11) is 1.63. The van der Waals surface area contributed by atoms with E-state index in [1.165, 1.54) is 5.57 Å². The first-order valence-corrected chi connectivity index (χ1v) is 7.65. The third-order valence-electron chi connectivity index (χ3n) is 3.73. The minimum Gasteiger partial charge on any atom is -0.495 e. The van der Waals surface area contributed by atoms with Crippen LogP contribution in [0.2, 0.25) is 0 Å². The molecule has 1 aliphatic heterocycles. The molecule has 0 spiro atoms. The van der Waals surface area contributed by atoms with Crippen molar-refractivity contribution in [2.24, 2.45) is 15.7 Å². The first kappa shape index (κ1) is 17.6. The Morgan fingerprint density at radius 2 is 2.33 bits per heavy atom. The van der Waals surface area contributed by atoms with Gasteiger partial charge in [0, 0.05) is 36.6 Å². The number of anilines is 1. The number of allylic oxidation sites excluding steroid dienone is 2. The van der Waals surface area contributed by atoms with Crippen LogP contribution in [0.3, 0.4) is 0 Å². The molecule has 24 heavy (non-hydrogen) atoms. The topological polar surface area (TPSA) is 80.3 Å².